The number of amidine groups is 1. The van der Waals surface area contributed by atoms with Gasteiger partial charge in [-0.2, -0.15) is 5.10 Å². The van der Waals surface area contributed by atoms with Gasteiger partial charge in [-0.1, -0.05) is 6.07 Å². The van der Waals surface area contributed by atoms with Gasteiger partial charge in [-0.25, -0.2) is 19.8 Å². The summed E-state index contributed by atoms with van der Waals surface area (Å²) >= 11 is 0. The van der Waals surface area contributed by atoms with Gasteiger partial charge in [0.25, 0.3) is 0 Å². The van der Waals surface area contributed by atoms with Crippen molar-refractivity contribution in [2.75, 3.05) is 19.6 Å². The molecular formula is C15H17N5O. The van der Waals surface area contributed by atoms with Gasteiger partial charge in [0.1, 0.15) is 5.69 Å². The van der Waals surface area contributed by atoms with Gasteiger partial charge in [-0.15, -0.1) is 0 Å². The van der Waals surface area contributed by atoms with Crippen LogP contribution in [0.25, 0.3) is 5.52 Å². The first-order chi connectivity index (χ1) is 10.3. The average Bonchev–Trinajstić information content (AvgIpc) is 3.13. The van der Waals surface area contributed by atoms with Crippen molar-refractivity contribution < 1.29 is 4.84 Å². The summed E-state index contributed by atoms with van der Waals surface area (Å²) in [6, 6.07) is 8.06. The van der Waals surface area contributed by atoms with E-state index in [4.69, 9.17) is 9.83 Å². The molecular weight excluding hydrogens is 266 g/mol. The molecule has 2 bridgehead atoms. The quantitative estimate of drug-likeness (QED) is 0.849. The number of fused-ring (bicyclic) bond motifs is 3. The van der Waals surface area contributed by atoms with Crippen molar-refractivity contribution in [3.63, 3.8) is 0 Å². The molecule has 3 saturated heterocycles. The number of hydroxylamine groups is 1. The molecule has 108 valence electrons. The fraction of sp³-hybridized carbons (Fsp3) is 0.467. The van der Waals surface area contributed by atoms with E-state index < -0.39 is 5.72 Å². The minimum atomic E-state index is -0.401. The van der Waals surface area contributed by atoms with Crippen molar-refractivity contribution in [3.8, 4) is 0 Å². The predicted octanol–water partition coefficient (Wildman–Crippen LogP) is 1.04. The molecule has 21 heavy (non-hydrogen) atoms. The number of aliphatic imine (C=N–C) groups is 1. The molecule has 6 nitrogen and oxygen atoms in total. The minimum absolute atomic E-state index is 0.401. The molecule has 1 spiro atoms. The highest BCUT2D eigenvalue weighted by molar-refractivity contribution is 5.98. The normalized spacial score (nSPS) is 34.4. The molecule has 0 amide bonds. The van der Waals surface area contributed by atoms with E-state index in [1.807, 2.05) is 35.0 Å². The number of piperidine rings is 3. The zero-order valence-corrected chi connectivity index (χ0v) is 11.7. The molecule has 0 aromatic carbocycles. The Bertz CT molecular complexity index is 697. The summed E-state index contributed by atoms with van der Waals surface area (Å²) in [5.74, 6) is 1.27. The maximum absolute atomic E-state index is 5.93. The highest BCUT2D eigenvalue weighted by atomic mass is 16.7. The van der Waals surface area contributed by atoms with Crippen LogP contribution in [0.2, 0.25) is 0 Å². The van der Waals surface area contributed by atoms with Crippen LogP contribution in [0.4, 0.5) is 0 Å². The fourth-order valence-electron chi connectivity index (χ4n) is 3.77. The summed E-state index contributed by atoms with van der Waals surface area (Å²) in [6.07, 6.45) is 4.28. The zero-order chi connectivity index (χ0) is 13.9. The Morgan fingerprint density at radius 3 is 2.95 bits per heavy atom. The summed E-state index contributed by atoms with van der Waals surface area (Å²) in [6.45, 7) is 3.24. The van der Waals surface area contributed by atoms with Crippen LogP contribution in [0.5, 0.6) is 0 Å². The Kier molecular flexibility index (Phi) is 2.26. The Morgan fingerprint density at radius 2 is 2.19 bits per heavy atom. The van der Waals surface area contributed by atoms with Crippen molar-refractivity contribution >= 4 is 11.4 Å². The van der Waals surface area contributed by atoms with E-state index in [-0.39, 0.29) is 0 Å². The second-order valence-electron chi connectivity index (χ2n) is 6.16. The summed E-state index contributed by atoms with van der Waals surface area (Å²) in [4.78, 5) is 13.3. The summed E-state index contributed by atoms with van der Waals surface area (Å²) < 4.78 is 1.86. The summed E-state index contributed by atoms with van der Waals surface area (Å²) in [5, 5.41) is 4.56. The van der Waals surface area contributed by atoms with E-state index in [0.717, 1.165) is 23.6 Å². The molecule has 6 heteroatoms. The topological polar surface area (TPSA) is 54.2 Å². The van der Waals surface area contributed by atoms with E-state index in [1.54, 1.807) is 0 Å². The summed E-state index contributed by atoms with van der Waals surface area (Å²) in [5.41, 5.74) is 4.53. The number of nitrogens with one attached hydrogen (secondary N) is 1. The molecule has 4 aliphatic heterocycles. The van der Waals surface area contributed by atoms with Gasteiger partial charge in [0.2, 0.25) is 5.72 Å². The first-order valence-electron chi connectivity index (χ1n) is 7.53. The highest BCUT2D eigenvalue weighted by Gasteiger charge is 2.51. The van der Waals surface area contributed by atoms with Crippen LogP contribution in [-0.4, -0.2) is 45.7 Å². The Labute approximate surface area is 122 Å². The van der Waals surface area contributed by atoms with Gasteiger partial charge in [0, 0.05) is 12.1 Å². The molecule has 3 fully saturated rings. The molecule has 1 atom stereocenters. The SMILES string of the molecule is c1ccn2nc(C3=NC4(CN5CCC4CC5)ON3)cc2c1. The van der Waals surface area contributed by atoms with Gasteiger partial charge in [-0.3, -0.25) is 4.90 Å². The van der Waals surface area contributed by atoms with E-state index in [1.165, 1.54) is 25.9 Å². The average molecular weight is 283 g/mol. The van der Waals surface area contributed by atoms with Crippen LogP contribution >= 0.6 is 0 Å². The predicted molar refractivity (Wildman–Crippen MR) is 77.8 cm³/mol. The lowest BCUT2D eigenvalue weighted by atomic mass is 9.81. The van der Waals surface area contributed by atoms with Gasteiger partial charge in [0.15, 0.2) is 5.84 Å². The lowest BCUT2D eigenvalue weighted by Gasteiger charge is -2.47. The van der Waals surface area contributed by atoms with Crippen LogP contribution in [0, 0.1) is 5.92 Å². The third-order valence-corrected chi connectivity index (χ3v) is 4.91. The Morgan fingerprint density at radius 1 is 1.29 bits per heavy atom. The van der Waals surface area contributed by atoms with Crippen molar-refractivity contribution in [2.45, 2.75) is 18.6 Å². The third kappa shape index (κ3) is 1.66. The van der Waals surface area contributed by atoms with Crippen molar-refractivity contribution in [2.24, 2.45) is 10.9 Å². The first kappa shape index (κ1) is 11.7. The summed E-state index contributed by atoms with van der Waals surface area (Å²) in [7, 11) is 0. The number of nitrogens with zero attached hydrogens (tertiary/aromatic N) is 4. The van der Waals surface area contributed by atoms with Crippen LogP contribution in [0.1, 0.15) is 18.5 Å². The monoisotopic (exact) mass is 283 g/mol. The van der Waals surface area contributed by atoms with Crippen molar-refractivity contribution in [1.82, 2.24) is 20.0 Å². The smallest absolute Gasteiger partial charge is 0.202 e. The second-order valence-corrected chi connectivity index (χ2v) is 6.16. The van der Waals surface area contributed by atoms with Crippen molar-refractivity contribution in [3.05, 3.63) is 36.2 Å². The Balaban J connectivity index is 1.54. The zero-order valence-electron chi connectivity index (χ0n) is 11.7. The Hall–Kier alpha value is -1.92. The van der Waals surface area contributed by atoms with E-state index in [2.05, 4.69) is 15.5 Å². The lowest BCUT2D eigenvalue weighted by molar-refractivity contribution is -0.155. The van der Waals surface area contributed by atoms with E-state index in [9.17, 15) is 0 Å². The molecule has 0 saturated carbocycles. The maximum Gasteiger partial charge on any atom is 0.202 e. The van der Waals surface area contributed by atoms with E-state index >= 15 is 0 Å². The van der Waals surface area contributed by atoms with Gasteiger partial charge in [0.05, 0.1) is 12.1 Å². The third-order valence-electron chi connectivity index (χ3n) is 4.91. The molecule has 1 unspecified atom stereocenters. The van der Waals surface area contributed by atoms with Gasteiger partial charge >= 0.3 is 0 Å². The highest BCUT2D eigenvalue weighted by Crippen LogP contribution is 2.40. The number of pyridine rings is 1. The van der Waals surface area contributed by atoms with Crippen molar-refractivity contribution in [1.29, 1.82) is 0 Å². The van der Waals surface area contributed by atoms with Gasteiger partial charge < -0.3 is 0 Å². The van der Waals surface area contributed by atoms with Crippen LogP contribution in [-0.2, 0) is 4.84 Å². The number of hydrogen-bond donors (Lipinski definition) is 1. The first-order valence-corrected chi connectivity index (χ1v) is 7.53. The largest absolute Gasteiger partial charge is 0.298 e. The molecule has 0 aliphatic carbocycles. The fourth-order valence-corrected chi connectivity index (χ4v) is 3.77. The molecule has 1 N–H and O–H groups in total. The molecule has 6 heterocycles. The maximum atomic E-state index is 5.93. The standard InChI is InChI=1S/C15H17N5O/c1-2-6-20-12(3-1)9-13(17-20)14-16-15(21-18-14)10-19-7-4-11(15)5-8-19/h1-3,6,9,11H,4-5,7-8,10H2,(H,16,18). The second kappa shape index (κ2) is 4.05. The van der Waals surface area contributed by atoms with Crippen LogP contribution in [0.15, 0.2) is 35.5 Å². The lowest BCUT2D eigenvalue weighted by Crippen LogP contribution is -2.58. The number of aromatic nitrogens is 2. The number of rotatable bonds is 1. The van der Waals surface area contributed by atoms with Crippen LogP contribution in [0.3, 0.4) is 0 Å². The molecule has 2 aromatic rings. The van der Waals surface area contributed by atoms with Crippen LogP contribution < -0.4 is 5.48 Å². The molecule has 6 rings (SSSR count). The minimum Gasteiger partial charge on any atom is -0.298 e. The molecule has 0 radical (unpaired) electrons. The molecule has 4 aliphatic rings. The van der Waals surface area contributed by atoms with Gasteiger partial charge in [-0.05, 0) is 44.1 Å². The van der Waals surface area contributed by atoms with E-state index in [0.29, 0.717) is 5.92 Å². The number of hydrogen-bond acceptors (Lipinski definition) is 5. The molecule has 2 aromatic heterocycles.